The highest BCUT2D eigenvalue weighted by molar-refractivity contribution is 6.31. The van der Waals surface area contributed by atoms with Gasteiger partial charge in [0.2, 0.25) is 5.88 Å². The van der Waals surface area contributed by atoms with Crippen LogP contribution >= 0.6 is 11.6 Å². The van der Waals surface area contributed by atoms with Crippen molar-refractivity contribution in [2.24, 2.45) is 0 Å². The number of benzene rings is 1. The molecule has 0 aliphatic rings. The number of nitrogens with zero attached hydrogens (tertiary/aromatic N) is 2. The highest BCUT2D eigenvalue weighted by Crippen LogP contribution is 2.24. The zero-order chi connectivity index (χ0) is 23.0. The molecule has 2 aromatic rings. The number of carbonyl (C=O) groups is 1. The molecule has 0 radical (unpaired) electrons. The zero-order valence-electron chi connectivity index (χ0n) is 17.0. The van der Waals surface area contributed by atoms with E-state index in [0.29, 0.717) is 6.07 Å². The van der Waals surface area contributed by atoms with Crippen molar-refractivity contribution in [2.75, 3.05) is 26.3 Å². The molecule has 0 aliphatic heterocycles. The Balaban J connectivity index is 2.14. The largest absolute Gasteiger partial charge is 0.471 e. The van der Waals surface area contributed by atoms with Gasteiger partial charge in [0.05, 0.1) is 13.2 Å². The SMILES string of the molecule is CC(C)n1c(OCCNC(=O)NCCO)nc(OCc2ccc(F)cc2F)c(Cl)c1=O. The van der Waals surface area contributed by atoms with Crippen LogP contribution in [0.25, 0.3) is 0 Å². The summed E-state index contributed by atoms with van der Waals surface area (Å²) in [5.41, 5.74) is -0.572. The molecule has 0 bridgehead atoms. The average molecular weight is 461 g/mol. The van der Waals surface area contributed by atoms with Crippen LogP contribution in [0.1, 0.15) is 25.5 Å². The lowest BCUT2D eigenvalue weighted by Gasteiger charge is -2.18. The maximum Gasteiger partial charge on any atom is 0.314 e. The van der Waals surface area contributed by atoms with Crippen molar-refractivity contribution in [1.82, 2.24) is 20.2 Å². The average Bonchev–Trinajstić information content (AvgIpc) is 2.71. The molecular formula is C19H23ClF2N4O5. The van der Waals surface area contributed by atoms with E-state index in [1.807, 2.05) is 0 Å². The number of carbonyl (C=O) groups excluding carboxylic acids is 1. The van der Waals surface area contributed by atoms with E-state index in [0.717, 1.165) is 6.07 Å². The monoisotopic (exact) mass is 460 g/mol. The van der Waals surface area contributed by atoms with Crippen LogP contribution in [0.15, 0.2) is 23.0 Å². The number of aliphatic hydroxyl groups is 1. The van der Waals surface area contributed by atoms with Crippen LogP contribution in [-0.2, 0) is 6.61 Å². The van der Waals surface area contributed by atoms with Gasteiger partial charge in [0.25, 0.3) is 5.56 Å². The molecule has 0 spiro atoms. The molecular weight excluding hydrogens is 438 g/mol. The number of aliphatic hydroxyl groups excluding tert-OH is 1. The smallest absolute Gasteiger partial charge is 0.314 e. The summed E-state index contributed by atoms with van der Waals surface area (Å²) in [6.45, 7) is 3.08. The number of aromatic nitrogens is 2. The number of ether oxygens (including phenoxy) is 2. The maximum atomic E-state index is 13.8. The van der Waals surface area contributed by atoms with E-state index >= 15 is 0 Å². The second-order valence-corrected chi connectivity index (χ2v) is 6.94. The molecule has 1 heterocycles. The van der Waals surface area contributed by atoms with Gasteiger partial charge < -0.3 is 25.2 Å². The van der Waals surface area contributed by atoms with Gasteiger partial charge in [-0.3, -0.25) is 9.36 Å². The Hall–Kier alpha value is -2.92. The van der Waals surface area contributed by atoms with Gasteiger partial charge in [-0.05, 0) is 26.0 Å². The molecule has 0 unspecified atom stereocenters. The summed E-state index contributed by atoms with van der Waals surface area (Å²) in [5, 5.41) is 13.3. The van der Waals surface area contributed by atoms with Crippen molar-refractivity contribution in [3.8, 4) is 11.9 Å². The first-order chi connectivity index (χ1) is 14.7. The molecule has 1 aromatic heterocycles. The molecule has 170 valence electrons. The molecule has 2 rings (SSSR count). The van der Waals surface area contributed by atoms with Gasteiger partial charge in [-0.25, -0.2) is 13.6 Å². The summed E-state index contributed by atoms with van der Waals surface area (Å²) in [5.74, 6) is -1.81. The number of rotatable bonds is 10. The van der Waals surface area contributed by atoms with Gasteiger partial charge in [-0.2, -0.15) is 4.98 Å². The maximum absolute atomic E-state index is 13.8. The molecule has 3 N–H and O–H groups in total. The van der Waals surface area contributed by atoms with Gasteiger partial charge in [-0.15, -0.1) is 0 Å². The predicted molar refractivity (Wildman–Crippen MR) is 109 cm³/mol. The van der Waals surface area contributed by atoms with Crippen molar-refractivity contribution in [2.45, 2.75) is 26.5 Å². The number of amides is 2. The Morgan fingerprint density at radius 1 is 1.26 bits per heavy atom. The van der Waals surface area contributed by atoms with E-state index in [1.165, 1.54) is 10.6 Å². The van der Waals surface area contributed by atoms with Crippen molar-refractivity contribution in [3.63, 3.8) is 0 Å². The molecule has 1 aromatic carbocycles. The first kappa shape index (κ1) is 24.4. The molecule has 0 aliphatic carbocycles. The Labute approximate surface area is 182 Å². The Morgan fingerprint density at radius 2 is 1.97 bits per heavy atom. The number of halogens is 3. The van der Waals surface area contributed by atoms with E-state index in [1.54, 1.807) is 13.8 Å². The number of nitrogens with one attached hydrogen (secondary N) is 2. The minimum absolute atomic E-state index is 0.0284. The summed E-state index contributed by atoms with van der Waals surface area (Å²) in [4.78, 5) is 28.2. The summed E-state index contributed by atoms with van der Waals surface area (Å²) < 4.78 is 39.0. The van der Waals surface area contributed by atoms with E-state index in [-0.39, 0.29) is 61.4 Å². The van der Waals surface area contributed by atoms with Crippen molar-refractivity contribution in [3.05, 3.63) is 50.8 Å². The fourth-order valence-corrected chi connectivity index (χ4v) is 2.64. The fourth-order valence-electron chi connectivity index (χ4n) is 2.45. The third kappa shape index (κ3) is 6.79. The van der Waals surface area contributed by atoms with Gasteiger partial charge in [-0.1, -0.05) is 11.6 Å². The standard InChI is InChI=1S/C19H23ClF2N4O5/c1-11(2)26-17(28)15(20)16(31-10-12-3-4-13(21)9-14(12)22)25-19(26)30-8-6-24-18(29)23-5-7-27/h3-4,9,11,27H,5-8,10H2,1-2H3,(H2,23,24,29). The highest BCUT2D eigenvalue weighted by Gasteiger charge is 2.20. The highest BCUT2D eigenvalue weighted by atomic mass is 35.5. The van der Waals surface area contributed by atoms with Gasteiger partial charge in [0, 0.05) is 24.2 Å². The van der Waals surface area contributed by atoms with Crippen molar-refractivity contribution < 1.29 is 28.2 Å². The third-order valence-electron chi connectivity index (χ3n) is 3.91. The summed E-state index contributed by atoms with van der Waals surface area (Å²) in [7, 11) is 0. The molecule has 31 heavy (non-hydrogen) atoms. The minimum Gasteiger partial charge on any atom is -0.471 e. The van der Waals surface area contributed by atoms with Crippen LogP contribution in [0.3, 0.4) is 0 Å². The lowest BCUT2D eigenvalue weighted by atomic mass is 10.2. The number of hydrogen-bond donors (Lipinski definition) is 3. The Morgan fingerprint density at radius 3 is 2.61 bits per heavy atom. The fraction of sp³-hybridized carbons (Fsp3) is 0.421. The molecule has 0 atom stereocenters. The molecule has 0 saturated heterocycles. The molecule has 12 heteroatoms. The van der Waals surface area contributed by atoms with E-state index in [9.17, 15) is 18.4 Å². The topological polar surface area (TPSA) is 115 Å². The summed E-state index contributed by atoms with van der Waals surface area (Å²) in [6, 6.07) is 2.05. The molecule has 0 saturated carbocycles. The van der Waals surface area contributed by atoms with Crippen molar-refractivity contribution in [1.29, 1.82) is 0 Å². The second-order valence-electron chi connectivity index (χ2n) is 6.56. The molecule has 0 fully saturated rings. The van der Waals surface area contributed by atoms with E-state index in [2.05, 4.69) is 15.6 Å². The normalized spacial score (nSPS) is 10.8. The third-order valence-corrected chi connectivity index (χ3v) is 4.23. The summed E-state index contributed by atoms with van der Waals surface area (Å²) in [6.07, 6.45) is 0. The Kier molecular flexibility index (Phi) is 9.01. The molecule has 9 nitrogen and oxygen atoms in total. The van der Waals surface area contributed by atoms with Crippen molar-refractivity contribution >= 4 is 17.6 Å². The molecule has 2 amide bonds. The van der Waals surface area contributed by atoms with Crippen LogP contribution in [-0.4, -0.2) is 47.0 Å². The van der Waals surface area contributed by atoms with Crippen LogP contribution < -0.4 is 25.7 Å². The van der Waals surface area contributed by atoms with Crippen LogP contribution in [0.5, 0.6) is 11.9 Å². The minimum atomic E-state index is -0.811. The lowest BCUT2D eigenvalue weighted by Crippen LogP contribution is -2.39. The summed E-state index contributed by atoms with van der Waals surface area (Å²) >= 11 is 6.08. The second kappa shape index (κ2) is 11.5. The Bertz CT molecular complexity index is 971. The van der Waals surface area contributed by atoms with Gasteiger partial charge in [0.1, 0.15) is 24.8 Å². The van der Waals surface area contributed by atoms with Gasteiger partial charge >= 0.3 is 12.0 Å². The number of urea groups is 1. The first-order valence-corrected chi connectivity index (χ1v) is 9.76. The van der Waals surface area contributed by atoms with Gasteiger partial charge in [0.15, 0.2) is 5.02 Å². The zero-order valence-corrected chi connectivity index (χ0v) is 17.7. The van der Waals surface area contributed by atoms with Crippen LogP contribution in [0.2, 0.25) is 5.02 Å². The predicted octanol–water partition coefficient (Wildman–Crippen LogP) is 2.01. The van der Waals surface area contributed by atoms with Crippen LogP contribution in [0.4, 0.5) is 13.6 Å². The first-order valence-electron chi connectivity index (χ1n) is 9.38. The van der Waals surface area contributed by atoms with Crippen LogP contribution in [0, 0.1) is 11.6 Å². The van der Waals surface area contributed by atoms with E-state index < -0.39 is 23.2 Å². The lowest BCUT2D eigenvalue weighted by molar-refractivity contribution is 0.223. The number of hydrogen-bond acceptors (Lipinski definition) is 6. The van der Waals surface area contributed by atoms with E-state index in [4.69, 9.17) is 26.2 Å². The quantitative estimate of drug-likeness (QED) is 0.467.